The maximum absolute atomic E-state index is 12.6. The van der Waals surface area contributed by atoms with Gasteiger partial charge in [0.15, 0.2) is 5.69 Å². The van der Waals surface area contributed by atoms with E-state index in [-0.39, 0.29) is 18.0 Å². The molecule has 3 N–H and O–H groups in total. The molecule has 1 heterocycles. The second-order valence-corrected chi connectivity index (χ2v) is 7.40. The Labute approximate surface area is 175 Å². The average molecular weight is 406 g/mol. The van der Waals surface area contributed by atoms with Gasteiger partial charge >= 0.3 is 6.03 Å². The molecule has 0 atom stereocenters. The normalized spacial score (nSPS) is 10.7. The highest BCUT2D eigenvalue weighted by molar-refractivity contribution is 5.93. The minimum Gasteiger partial charge on any atom is -0.347 e. The van der Waals surface area contributed by atoms with Crippen LogP contribution in [0.5, 0.6) is 0 Å². The number of benzene rings is 2. The van der Waals surface area contributed by atoms with Crippen LogP contribution in [-0.2, 0) is 6.54 Å². The van der Waals surface area contributed by atoms with Crippen molar-refractivity contribution in [2.45, 2.75) is 40.3 Å². The second kappa shape index (κ2) is 9.21. The minimum atomic E-state index is -0.288. The van der Waals surface area contributed by atoms with Crippen molar-refractivity contribution in [1.82, 2.24) is 25.6 Å². The average Bonchev–Trinajstić information content (AvgIpc) is 3.08. The van der Waals surface area contributed by atoms with E-state index in [2.05, 4.69) is 26.3 Å². The molecular formula is C22H26N6O2. The van der Waals surface area contributed by atoms with Gasteiger partial charge in [-0.05, 0) is 57.5 Å². The first-order chi connectivity index (χ1) is 14.3. The van der Waals surface area contributed by atoms with Gasteiger partial charge < -0.3 is 16.0 Å². The van der Waals surface area contributed by atoms with E-state index in [1.807, 2.05) is 64.1 Å². The lowest BCUT2D eigenvalue weighted by Gasteiger charge is -2.10. The van der Waals surface area contributed by atoms with Gasteiger partial charge in [0.25, 0.3) is 5.91 Å². The van der Waals surface area contributed by atoms with E-state index in [1.54, 1.807) is 16.8 Å². The number of amides is 3. The maximum atomic E-state index is 12.6. The van der Waals surface area contributed by atoms with Crippen LogP contribution in [0, 0.1) is 13.8 Å². The summed E-state index contributed by atoms with van der Waals surface area (Å²) in [5.74, 6) is -0.288. The molecule has 0 aliphatic heterocycles. The van der Waals surface area contributed by atoms with E-state index in [9.17, 15) is 9.59 Å². The molecule has 156 valence electrons. The SMILES string of the molecule is Cc1ccc(-n2nnc(C(=O)NCc3ccc(NC(=O)NC(C)C)cc3)c2C)cc1. The predicted octanol–water partition coefficient (Wildman–Crippen LogP) is 3.34. The van der Waals surface area contributed by atoms with Crippen LogP contribution in [0.1, 0.15) is 41.2 Å². The Hall–Kier alpha value is -3.68. The van der Waals surface area contributed by atoms with Gasteiger partial charge in [0.05, 0.1) is 11.4 Å². The van der Waals surface area contributed by atoms with Crippen LogP contribution in [0.15, 0.2) is 48.5 Å². The van der Waals surface area contributed by atoms with E-state index in [4.69, 9.17) is 0 Å². The molecule has 0 radical (unpaired) electrons. The van der Waals surface area contributed by atoms with Gasteiger partial charge in [-0.3, -0.25) is 4.79 Å². The molecular weight excluding hydrogens is 380 g/mol. The zero-order chi connectivity index (χ0) is 21.7. The fourth-order valence-corrected chi connectivity index (χ4v) is 2.87. The fraction of sp³-hybridized carbons (Fsp3) is 0.273. The summed E-state index contributed by atoms with van der Waals surface area (Å²) in [4.78, 5) is 24.3. The third kappa shape index (κ3) is 5.22. The first-order valence-corrected chi connectivity index (χ1v) is 9.77. The first-order valence-electron chi connectivity index (χ1n) is 9.77. The molecule has 0 fully saturated rings. The zero-order valence-corrected chi connectivity index (χ0v) is 17.6. The Kier molecular flexibility index (Phi) is 6.46. The Morgan fingerprint density at radius 1 is 1.00 bits per heavy atom. The van der Waals surface area contributed by atoms with Crippen LogP contribution in [0.3, 0.4) is 0 Å². The molecule has 0 aliphatic carbocycles. The van der Waals surface area contributed by atoms with Crippen LogP contribution in [-0.4, -0.2) is 33.0 Å². The molecule has 0 saturated heterocycles. The van der Waals surface area contributed by atoms with Crippen molar-refractivity contribution < 1.29 is 9.59 Å². The van der Waals surface area contributed by atoms with Gasteiger partial charge in [-0.25, -0.2) is 9.48 Å². The van der Waals surface area contributed by atoms with Gasteiger partial charge in [-0.2, -0.15) is 0 Å². The van der Waals surface area contributed by atoms with E-state index >= 15 is 0 Å². The van der Waals surface area contributed by atoms with Crippen LogP contribution in [0.4, 0.5) is 10.5 Å². The van der Waals surface area contributed by atoms with Gasteiger partial charge in [0, 0.05) is 18.3 Å². The Bertz CT molecular complexity index is 1020. The van der Waals surface area contributed by atoms with Crippen LogP contribution >= 0.6 is 0 Å². The molecule has 0 bridgehead atoms. The lowest BCUT2D eigenvalue weighted by molar-refractivity contribution is 0.0945. The first kappa shape index (κ1) is 21.0. The number of aromatic nitrogens is 3. The molecule has 1 aromatic heterocycles. The summed E-state index contributed by atoms with van der Waals surface area (Å²) in [7, 11) is 0. The number of hydrogen-bond acceptors (Lipinski definition) is 4. The molecule has 3 amide bonds. The minimum absolute atomic E-state index is 0.0620. The lowest BCUT2D eigenvalue weighted by atomic mass is 10.2. The largest absolute Gasteiger partial charge is 0.347 e. The standard InChI is InChI=1S/C22H26N6O2/c1-14(2)24-22(30)25-18-9-7-17(8-10-18)13-23-21(29)20-16(4)28(27-26-20)19-11-5-15(3)6-12-19/h5-12,14H,13H2,1-4H3,(H,23,29)(H2,24,25,30). The van der Waals surface area contributed by atoms with E-state index in [0.717, 1.165) is 16.8 Å². The van der Waals surface area contributed by atoms with E-state index in [1.165, 1.54) is 0 Å². The predicted molar refractivity (Wildman–Crippen MR) is 116 cm³/mol. The van der Waals surface area contributed by atoms with E-state index < -0.39 is 0 Å². The van der Waals surface area contributed by atoms with Crippen molar-refractivity contribution in [3.63, 3.8) is 0 Å². The number of carbonyl (C=O) groups excluding carboxylic acids is 2. The number of nitrogens with one attached hydrogen (secondary N) is 3. The molecule has 0 spiro atoms. The molecule has 8 heteroatoms. The number of urea groups is 1. The topological polar surface area (TPSA) is 101 Å². The molecule has 0 unspecified atom stereocenters. The van der Waals surface area contributed by atoms with Gasteiger partial charge in [-0.1, -0.05) is 35.0 Å². The van der Waals surface area contributed by atoms with Gasteiger partial charge in [0.1, 0.15) is 0 Å². The molecule has 2 aromatic carbocycles. The quantitative estimate of drug-likeness (QED) is 0.584. The molecule has 0 aliphatic rings. The molecule has 0 saturated carbocycles. The monoisotopic (exact) mass is 406 g/mol. The summed E-state index contributed by atoms with van der Waals surface area (Å²) in [6, 6.07) is 14.9. The smallest absolute Gasteiger partial charge is 0.319 e. The highest BCUT2D eigenvalue weighted by Crippen LogP contribution is 2.14. The highest BCUT2D eigenvalue weighted by Gasteiger charge is 2.17. The van der Waals surface area contributed by atoms with Crippen LogP contribution in [0.2, 0.25) is 0 Å². The maximum Gasteiger partial charge on any atom is 0.319 e. The summed E-state index contributed by atoms with van der Waals surface area (Å²) >= 11 is 0. The molecule has 3 rings (SSSR count). The lowest BCUT2D eigenvalue weighted by Crippen LogP contribution is -2.34. The Morgan fingerprint density at radius 3 is 2.30 bits per heavy atom. The summed E-state index contributed by atoms with van der Waals surface area (Å²) in [6.45, 7) is 7.96. The molecule has 3 aromatic rings. The summed E-state index contributed by atoms with van der Waals surface area (Å²) in [6.07, 6.45) is 0. The van der Waals surface area contributed by atoms with E-state index in [0.29, 0.717) is 23.6 Å². The number of carbonyl (C=O) groups is 2. The number of anilines is 1. The Balaban J connectivity index is 1.59. The highest BCUT2D eigenvalue weighted by atomic mass is 16.2. The Morgan fingerprint density at radius 2 is 1.67 bits per heavy atom. The molecule has 8 nitrogen and oxygen atoms in total. The summed E-state index contributed by atoms with van der Waals surface area (Å²) in [5, 5.41) is 16.5. The third-order valence-electron chi connectivity index (χ3n) is 4.47. The number of rotatable bonds is 6. The van der Waals surface area contributed by atoms with Crippen molar-refractivity contribution in [3.05, 3.63) is 71.0 Å². The van der Waals surface area contributed by atoms with Crippen molar-refractivity contribution in [1.29, 1.82) is 0 Å². The van der Waals surface area contributed by atoms with Crippen LogP contribution in [0.25, 0.3) is 5.69 Å². The summed E-state index contributed by atoms with van der Waals surface area (Å²) < 4.78 is 1.65. The van der Waals surface area contributed by atoms with Crippen molar-refractivity contribution in [2.24, 2.45) is 0 Å². The molecule has 30 heavy (non-hydrogen) atoms. The summed E-state index contributed by atoms with van der Waals surface area (Å²) in [5.41, 5.74) is 4.55. The number of nitrogens with zero attached hydrogens (tertiary/aromatic N) is 3. The second-order valence-electron chi connectivity index (χ2n) is 7.40. The van der Waals surface area contributed by atoms with Crippen molar-refractivity contribution in [2.75, 3.05) is 5.32 Å². The van der Waals surface area contributed by atoms with Crippen molar-refractivity contribution in [3.8, 4) is 5.69 Å². The van der Waals surface area contributed by atoms with Crippen LogP contribution < -0.4 is 16.0 Å². The number of aryl methyl sites for hydroxylation is 1. The van der Waals surface area contributed by atoms with Gasteiger partial charge in [-0.15, -0.1) is 5.10 Å². The zero-order valence-electron chi connectivity index (χ0n) is 17.6. The third-order valence-corrected chi connectivity index (χ3v) is 4.47. The number of hydrogen-bond donors (Lipinski definition) is 3. The fourth-order valence-electron chi connectivity index (χ4n) is 2.87. The van der Waals surface area contributed by atoms with Gasteiger partial charge in [0.2, 0.25) is 0 Å². The van der Waals surface area contributed by atoms with Crippen molar-refractivity contribution >= 4 is 17.6 Å².